The minimum Gasteiger partial charge on any atom is -0.341 e. The van der Waals surface area contributed by atoms with E-state index in [1.165, 1.54) is 17.7 Å². The number of benzene rings is 2. The lowest BCUT2D eigenvalue weighted by Crippen LogP contribution is -2.34. The number of carbonyl (C=O) groups is 2. The van der Waals surface area contributed by atoms with E-state index >= 15 is 0 Å². The normalized spacial score (nSPS) is 18.1. The number of rotatable bonds is 4. The van der Waals surface area contributed by atoms with E-state index in [0.29, 0.717) is 17.4 Å². The zero-order valence-corrected chi connectivity index (χ0v) is 19.2. The third kappa shape index (κ3) is 4.28. The van der Waals surface area contributed by atoms with E-state index in [1.807, 2.05) is 76.3 Å². The quantitative estimate of drug-likeness (QED) is 0.468. The molecule has 6 nitrogen and oxygen atoms in total. The fourth-order valence-corrected chi connectivity index (χ4v) is 4.89. The van der Waals surface area contributed by atoms with Gasteiger partial charge in [0, 0.05) is 35.8 Å². The maximum absolute atomic E-state index is 13.1. The molecule has 33 heavy (non-hydrogen) atoms. The van der Waals surface area contributed by atoms with E-state index in [2.05, 4.69) is 5.32 Å². The summed E-state index contributed by atoms with van der Waals surface area (Å²) in [4.78, 5) is 29.6. The molecule has 3 heterocycles. The number of hydrogen-bond donors (Lipinski definition) is 1. The zero-order valence-electron chi connectivity index (χ0n) is 18.4. The van der Waals surface area contributed by atoms with Crippen molar-refractivity contribution in [1.82, 2.24) is 14.8 Å². The number of aromatic nitrogens is 1. The van der Waals surface area contributed by atoms with Crippen LogP contribution in [0.25, 0.3) is 17.0 Å². The Kier molecular flexibility index (Phi) is 5.96. The van der Waals surface area contributed by atoms with Crippen molar-refractivity contribution >= 4 is 51.8 Å². The molecule has 0 atom stereocenters. The lowest BCUT2D eigenvalue weighted by atomic mass is 10.1. The lowest BCUT2D eigenvalue weighted by molar-refractivity contribution is -0.131. The molecule has 0 unspecified atom stereocenters. The highest BCUT2D eigenvalue weighted by atomic mass is 32.1. The summed E-state index contributed by atoms with van der Waals surface area (Å²) >= 11 is 5.43. The van der Waals surface area contributed by atoms with Crippen LogP contribution in [0.2, 0.25) is 0 Å². The highest BCUT2D eigenvalue weighted by Crippen LogP contribution is 2.27. The molecule has 168 valence electrons. The van der Waals surface area contributed by atoms with Crippen LogP contribution in [0.15, 0.2) is 66.5 Å². The second-order valence-corrected chi connectivity index (χ2v) is 8.88. The average Bonchev–Trinajstić information content (AvgIpc) is 3.15. The Morgan fingerprint density at radius 3 is 2.42 bits per heavy atom. The van der Waals surface area contributed by atoms with E-state index < -0.39 is 0 Å². The number of hydrogen-bond acceptors (Lipinski definition) is 3. The molecule has 2 amide bonds. The summed E-state index contributed by atoms with van der Waals surface area (Å²) in [6.07, 6.45) is 8.30. The van der Waals surface area contributed by atoms with Gasteiger partial charge in [-0.1, -0.05) is 49.2 Å². The van der Waals surface area contributed by atoms with Gasteiger partial charge in [-0.3, -0.25) is 14.5 Å². The van der Waals surface area contributed by atoms with Gasteiger partial charge in [-0.15, -0.1) is 0 Å². The average molecular weight is 459 g/mol. The number of fused-ring (bicyclic) bond motifs is 1. The molecule has 0 bridgehead atoms. The van der Waals surface area contributed by atoms with E-state index in [0.717, 1.165) is 48.1 Å². The van der Waals surface area contributed by atoms with Gasteiger partial charge in [0.25, 0.3) is 5.91 Å². The molecule has 7 heteroatoms. The summed E-state index contributed by atoms with van der Waals surface area (Å²) in [6.45, 7) is 1.96. The number of likely N-dealkylation sites (tertiary alicyclic amines) is 1. The van der Waals surface area contributed by atoms with Gasteiger partial charge in [0.15, 0.2) is 5.11 Å². The van der Waals surface area contributed by atoms with Gasteiger partial charge in [0.05, 0.1) is 5.69 Å². The molecule has 0 radical (unpaired) electrons. The highest BCUT2D eigenvalue weighted by Gasteiger charge is 2.32. The summed E-state index contributed by atoms with van der Waals surface area (Å²) in [6, 6.07) is 17.3. The summed E-state index contributed by atoms with van der Waals surface area (Å²) in [5.41, 5.74) is 3.00. The fourth-order valence-electron chi connectivity index (χ4n) is 4.59. The van der Waals surface area contributed by atoms with Gasteiger partial charge >= 0.3 is 0 Å². The van der Waals surface area contributed by atoms with Crippen molar-refractivity contribution in [3.05, 3.63) is 72.1 Å². The molecule has 2 fully saturated rings. The van der Waals surface area contributed by atoms with Crippen molar-refractivity contribution in [1.29, 1.82) is 0 Å². The molecule has 5 rings (SSSR count). The summed E-state index contributed by atoms with van der Waals surface area (Å²) in [5, 5.41) is 4.41. The Hall–Kier alpha value is -3.45. The molecule has 0 saturated carbocycles. The molecule has 2 aliphatic heterocycles. The first kappa shape index (κ1) is 21.4. The van der Waals surface area contributed by atoms with E-state index in [4.69, 9.17) is 12.2 Å². The molecule has 2 saturated heterocycles. The molecular formula is C26H26N4O2S. The lowest BCUT2D eigenvalue weighted by Gasteiger charge is -2.20. The molecule has 2 aliphatic rings. The van der Waals surface area contributed by atoms with Crippen LogP contribution in [0.1, 0.15) is 31.2 Å². The molecule has 1 N–H and O–H groups in total. The Labute approximate surface area is 198 Å². The van der Waals surface area contributed by atoms with Crippen molar-refractivity contribution < 1.29 is 9.59 Å². The Morgan fingerprint density at radius 1 is 0.970 bits per heavy atom. The van der Waals surface area contributed by atoms with Crippen LogP contribution >= 0.6 is 12.2 Å². The first-order valence-electron chi connectivity index (χ1n) is 11.4. The van der Waals surface area contributed by atoms with Crippen molar-refractivity contribution in [3.8, 4) is 0 Å². The number of carbonyl (C=O) groups excluding carboxylic acids is 2. The molecule has 0 aliphatic carbocycles. The van der Waals surface area contributed by atoms with E-state index in [-0.39, 0.29) is 11.8 Å². The monoisotopic (exact) mass is 458 g/mol. The van der Waals surface area contributed by atoms with Crippen molar-refractivity contribution in [2.45, 2.75) is 32.2 Å². The largest absolute Gasteiger partial charge is 0.341 e. The van der Waals surface area contributed by atoms with Crippen molar-refractivity contribution in [2.75, 3.05) is 18.0 Å². The molecule has 0 spiro atoms. The van der Waals surface area contributed by atoms with Gasteiger partial charge in [-0.05, 0) is 49.3 Å². The van der Waals surface area contributed by atoms with Crippen molar-refractivity contribution in [2.24, 2.45) is 0 Å². The minimum atomic E-state index is -0.191. The molecule has 3 aromatic rings. The predicted octanol–water partition coefficient (Wildman–Crippen LogP) is 4.31. The smallest absolute Gasteiger partial charge is 0.281 e. The third-order valence-electron chi connectivity index (χ3n) is 6.28. The summed E-state index contributed by atoms with van der Waals surface area (Å²) in [7, 11) is 0. The molecule has 1 aromatic heterocycles. The van der Waals surface area contributed by atoms with E-state index in [9.17, 15) is 9.59 Å². The van der Waals surface area contributed by atoms with Crippen LogP contribution in [0.5, 0.6) is 0 Å². The zero-order chi connectivity index (χ0) is 22.8. The first-order valence-corrected chi connectivity index (χ1v) is 11.8. The first-order chi connectivity index (χ1) is 16.1. The topological polar surface area (TPSA) is 57.6 Å². The Bertz CT molecular complexity index is 1240. The van der Waals surface area contributed by atoms with Gasteiger partial charge in [0.1, 0.15) is 12.2 Å². The maximum atomic E-state index is 13.1. The standard InChI is InChI=1S/C26H26N4O2S/c31-24(28-14-8-1-2-9-15-28)18-29-17-19(21-12-6-7-13-23(21)29)16-22-25(32)30(26(33)27-22)20-10-4-3-5-11-20/h3-7,10-13,16-17H,1-2,8-9,14-15,18H2,(H,27,33)/b22-16+. The number of para-hydroxylation sites is 2. The highest BCUT2D eigenvalue weighted by molar-refractivity contribution is 7.80. The second kappa shape index (κ2) is 9.19. The fraction of sp³-hybridized carbons (Fsp3) is 0.269. The van der Waals surface area contributed by atoms with Crippen LogP contribution < -0.4 is 10.2 Å². The molecule has 2 aromatic carbocycles. The number of nitrogens with one attached hydrogen (secondary N) is 1. The third-order valence-corrected chi connectivity index (χ3v) is 6.56. The van der Waals surface area contributed by atoms with Gasteiger partial charge < -0.3 is 14.8 Å². The van der Waals surface area contributed by atoms with Gasteiger partial charge in [0.2, 0.25) is 5.91 Å². The SMILES string of the molecule is O=C(Cn1cc(/C=C2/NC(=S)N(c3ccccc3)C2=O)c2ccccc21)N1CCCCCC1. The maximum Gasteiger partial charge on any atom is 0.281 e. The van der Waals surface area contributed by atoms with Crippen LogP contribution in [0.3, 0.4) is 0 Å². The van der Waals surface area contributed by atoms with Crippen LogP contribution in [0.4, 0.5) is 5.69 Å². The number of amides is 2. The minimum absolute atomic E-state index is 0.142. The van der Waals surface area contributed by atoms with E-state index in [1.54, 1.807) is 0 Å². The second-order valence-electron chi connectivity index (χ2n) is 8.49. The van der Waals surface area contributed by atoms with Crippen molar-refractivity contribution in [3.63, 3.8) is 0 Å². The van der Waals surface area contributed by atoms with Crippen LogP contribution in [0, 0.1) is 0 Å². The number of nitrogens with zero attached hydrogens (tertiary/aromatic N) is 3. The predicted molar refractivity (Wildman–Crippen MR) is 135 cm³/mol. The van der Waals surface area contributed by atoms with Gasteiger partial charge in [-0.2, -0.15) is 0 Å². The van der Waals surface area contributed by atoms with Crippen LogP contribution in [-0.2, 0) is 16.1 Å². The van der Waals surface area contributed by atoms with Crippen LogP contribution in [-0.4, -0.2) is 39.5 Å². The number of anilines is 1. The summed E-state index contributed by atoms with van der Waals surface area (Å²) < 4.78 is 1.99. The Morgan fingerprint density at radius 2 is 1.67 bits per heavy atom. The molecular weight excluding hydrogens is 432 g/mol. The summed E-state index contributed by atoms with van der Waals surface area (Å²) in [5.74, 6) is -0.0490. The Balaban J connectivity index is 1.44. The number of thiocarbonyl (C=S) groups is 1. The van der Waals surface area contributed by atoms with Gasteiger partial charge in [-0.25, -0.2) is 0 Å².